The van der Waals surface area contributed by atoms with E-state index in [1.165, 1.54) is 10.5 Å². The van der Waals surface area contributed by atoms with Crippen LogP contribution in [-0.2, 0) is 22.6 Å². The summed E-state index contributed by atoms with van der Waals surface area (Å²) in [6.07, 6.45) is 1.28. The molecule has 2 aliphatic heterocycles. The fourth-order valence-electron chi connectivity index (χ4n) is 5.42. The Bertz CT molecular complexity index is 1170. The SMILES string of the molecule is COCCN1C(=O)N(Cc2cccc3ccccc23)C(=O)C12CCN(Cc1ccccc1)CC2. The van der Waals surface area contributed by atoms with Crippen LogP contribution in [0.1, 0.15) is 24.0 Å². The van der Waals surface area contributed by atoms with Gasteiger partial charge < -0.3 is 9.64 Å². The topological polar surface area (TPSA) is 53.1 Å². The number of amides is 3. The molecule has 0 radical (unpaired) electrons. The minimum atomic E-state index is -0.784. The average molecular weight is 458 g/mol. The Hall–Kier alpha value is -3.22. The van der Waals surface area contributed by atoms with Crippen molar-refractivity contribution < 1.29 is 14.3 Å². The molecule has 2 fully saturated rings. The number of methoxy groups -OCH3 is 1. The number of likely N-dealkylation sites (tertiary alicyclic amines) is 1. The van der Waals surface area contributed by atoms with E-state index >= 15 is 0 Å². The number of nitrogens with zero attached hydrogens (tertiary/aromatic N) is 3. The minimum Gasteiger partial charge on any atom is -0.383 e. The molecule has 34 heavy (non-hydrogen) atoms. The van der Waals surface area contributed by atoms with E-state index in [1.807, 2.05) is 30.3 Å². The number of urea groups is 1. The molecule has 3 aromatic rings. The highest BCUT2D eigenvalue weighted by atomic mass is 16.5. The van der Waals surface area contributed by atoms with Crippen molar-refractivity contribution in [2.24, 2.45) is 0 Å². The van der Waals surface area contributed by atoms with Gasteiger partial charge in [-0.3, -0.25) is 14.6 Å². The van der Waals surface area contributed by atoms with E-state index in [1.54, 1.807) is 12.0 Å². The third kappa shape index (κ3) is 4.08. The number of benzene rings is 3. The summed E-state index contributed by atoms with van der Waals surface area (Å²) in [5.41, 5.74) is 1.47. The Morgan fingerprint density at radius 2 is 1.56 bits per heavy atom. The highest BCUT2D eigenvalue weighted by Gasteiger charge is 2.57. The molecule has 2 saturated heterocycles. The zero-order valence-corrected chi connectivity index (χ0v) is 19.7. The summed E-state index contributed by atoms with van der Waals surface area (Å²) < 4.78 is 5.30. The number of piperidine rings is 1. The van der Waals surface area contributed by atoms with Gasteiger partial charge in [0.05, 0.1) is 13.2 Å². The van der Waals surface area contributed by atoms with Crippen LogP contribution in [-0.4, -0.2) is 65.5 Å². The highest BCUT2D eigenvalue weighted by molar-refractivity contribution is 6.07. The van der Waals surface area contributed by atoms with Gasteiger partial charge in [0.2, 0.25) is 0 Å². The van der Waals surface area contributed by atoms with E-state index in [9.17, 15) is 9.59 Å². The summed E-state index contributed by atoms with van der Waals surface area (Å²) in [4.78, 5) is 33.1. The molecule has 2 heterocycles. The first kappa shape index (κ1) is 22.6. The van der Waals surface area contributed by atoms with Crippen LogP contribution < -0.4 is 0 Å². The standard InChI is InChI=1S/C28H31N3O3/c1-34-19-18-31-27(33)30(21-24-12-7-11-23-10-5-6-13-25(23)24)26(32)28(31)14-16-29(17-15-28)20-22-8-3-2-4-9-22/h2-13H,14-21H2,1H3. The maximum atomic E-state index is 13.9. The molecule has 3 amide bonds. The lowest BCUT2D eigenvalue weighted by molar-refractivity contribution is -0.136. The van der Waals surface area contributed by atoms with E-state index < -0.39 is 5.54 Å². The predicted octanol–water partition coefficient (Wildman–Crippen LogP) is 4.29. The Morgan fingerprint density at radius 3 is 2.32 bits per heavy atom. The van der Waals surface area contributed by atoms with Crippen molar-refractivity contribution in [3.63, 3.8) is 0 Å². The predicted molar refractivity (Wildman–Crippen MR) is 132 cm³/mol. The lowest BCUT2D eigenvalue weighted by Gasteiger charge is -2.42. The molecular formula is C28H31N3O3. The molecule has 5 rings (SSSR count). The molecule has 0 unspecified atom stereocenters. The van der Waals surface area contributed by atoms with Gasteiger partial charge in [-0.2, -0.15) is 0 Å². The van der Waals surface area contributed by atoms with Gasteiger partial charge in [0, 0.05) is 33.3 Å². The van der Waals surface area contributed by atoms with Gasteiger partial charge in [-0.15, -0.1) is 0 Å². The maximum absolute atomic E-state index is 13.9. The van der Waals surface area contributed by atoms with Crippen LogP contribution in [0.3, 0.4) is 0 Å². The van der Waals surface area contributed by atoms with Crippen molar-refractivity contribution in [3.05, 3.63) is 83.9 Å². The van der Waals surface area contributed by atoms with E-state index in [0.29, 0.717) is 26.0 Å². The third-order valence-electron chi connectivity index (χ3n) is 7.28. The van der Waals surface area contributed by atoms with Crippen molar-refractivity contribution in [1.29, 1.82) is 0 Å². The van der Waals surface area contributed by atoms with Gasteiger partial charge in [-0.25, -0.2) is 4.79 Å². The summed E-state index contributed by atoms with van der Waals surface area (Å²) in [7, 11) is 1.63. The Labute approximate surface area is 200 Å². The van der Waals surface area contributed by atoms with Gasteiger partial charge in [0.1, 0.15) is 5.54 Å². The van der Waals surface area contributed by atoms with Crippen LogP contribution in [0, 0.1) is 0 Å². The van der Waals surface area contributed by atoms with Gasteiger partial charge in [-0.05, 0) is 34.7 Å². The van der Waals surface area contributed by atoms with Crippen LogP contribution in [0.25, 0.3) is 10.8 Å². The van der Waals surface area contributed by atoms with E-state index in [-0.39, 0.29) is 18.5 Å². The van der Waals surface area contributed by atoms with Gasteiger partial charge in [0.15, 0.2) is 0 Å². The fraction of sp³-hybridized carbons (Fsp3) is 0.357. The molecule has 2 aliphatic rings. The lowest BCUT2D eigenvalue weighted by atomic mass is 9.85. The number of rotatable bonds is 7. The normalized spacial score (nSPS) is 18.4. The number of fused-ring (bicyclic) bond motifs is 1. The van der Waals surface area contributed by atoms with E-state index in [0.717, 1.165) is 36.0 Å². The first-order chi connectivity index (χ1) is 16.6. The second-order valence-electron chi connectivity index (χ2n) is 9.25. The van der Waals surface area contributed by atoms with Crippen molar-refractivity contribution >= 4 is 22.7 Å². The van der Waals surface area contributed by atoms with Crippen LogP contribution in [0.5, 0.6) is 0 Å². The summed E-state index contributed by atoms with van der Waals surface area (Å²) in [6, 6.07) is 24.4. The largest absolute Gasteiger partial charge is 0.383 e. The molecule has 6 nitrogen and oxygen atoms in total. The zero-order valence-electron chi connectivity index (χ0n) is 19.7. The number of ether oxygens (including phenoxy) is 1. The molecule has 0 saturated carbocycles. The molecule has 0 aromatic heterocycles. The quantitative estimate of drug-likeness (QED) is 0.497. The molecule has 0 N–H and O–H groups in total. The average Bonchev–Trinajstić information content (AvgIpc) is 3.06. The number of carbonyl (C=O) groups is 2. The fourth-order valence-corrected chi connectivity index (χ4v) is 5.42. The van der Waals surface area contributed by atoms with Gasteiger partial charge in [-0.1, -0.05) is 72.8 Å². The van der Waals surface area contributed by atoms with Crippen LogP contribution >= 0.6 is 0 Å². The van der Waals surface area contributed by atoms with Gasteiger partial charge in [0.25, 0.3) is 5.91 Å². The Kier molecular flexibility index (Phi) is 6.35. The van der Waals surface area contributed by atoms with Crippen molar-refractivity contribution in [2.75, 3.05) is 33.4 Å². The smallest absolute Gasteiger partial charge is 0.328 e. The summed E-state index contributed by atoms with van der Waals surface area (Å²) in [5.74, 6) is -0.0686. The highest BCUT2D eigenvalue weighted by Crippen LogP contribution is 2.38. The lowest BCUT2D eigenvalue weighted by Crippen LogP contribution is -2.57. The molecule has 0 atom stereocenters. The first-order valence-electron chi connectivity index (χ1n) is 12.0. The van der Waals surface area contributed by atoms with Crippen LogP contribution in [0.2, 0.25) is 0 Å². The van der Waals surface area contributed by atoms with Crippen molar-refractivity contribution in [3.8, 4) is 0 Å². The van der Waals surface area contributed by atoms with Crippen molar-refractivity contribution in [1.82, 2.24) is 14.7 Å². The Balaban J connectivity index is 1.38. The molecule has 0 bridgehead atoms. The van der Waals surface area contributed by atoms with E-state index in [4.69, 9.17) is 4.74 Å². The number of hydrogen-bond donors (Lipinski definition) is 0. The summed E-state index contributed by atoms with van der Waals surface area (Å²) in [5, 5.41) is 2.19. The second kappa shape index (κ2) is 9.57. The zero-order chi connectivity index (χ0) is 23.5. The molecule has 3 aromatic carbocycles. The molecular weight excluding hydrogens is 426 g/mol. The van der Waals surface area contributed by atoms with Crippen LogP contribution in [0.4, 0.5) is 4.79 Å². The summed E-state index contributed by atoms with van der Waals surface area (Å²) >= 11 is 0. The second-order valence-corrected chi connectivity index (χ2v) is 9.25. The van der Waals surface area contributed by atoms with E-state index in [2.05, 4.69) is 47.4 Å². The minimum absolute atomic E-state index is 0.0686. The van der Waals surface area contributed by atoms with Crippen LogP contribution in [0.15, 0.2) is 72.8 Å². The Morgan fingerprint density at radius 1 is 0.853 bits per heavy atom. The number of imide groups is 1. The maximum Gasteiger partial charge on any atom is 0.328 e. The monoisotopic (exact) mass is 457 g/mol. The third-order valence-corrected chi connectivity index (χ3v) is 7.28. The molecule has 176 valence electrons. The summed E-state index contributed by atoms with van der Waals surface area (Å²) in [6.45, 7) is 3.54. The molecule has 6 heteroatoms. The number of hydrogen-bond acceptors (Lipinski definition) is 4. The first-order valence-corrected chi connectivity index (χ1v) is 12.0. The molecule has 1 spiro atoms. The van der Waals surface area contributed by atoms with Gasteiger partial charge >= 0.3 is 6.03 Å². The van der Waals surface area contributed by atoms with Crippen molar-refractivity contribution in [2.45, 2.75) is 31.5 Å². The number of carbonyl (C=O) groups excluding carboxylic acids is 2. The molecule has 0 aliphatic carbocycles.